The highest BCUT2D eigenvalue weighted by Gasteiger charge is 2.29. The van der Waals surface area contributed by atoms with Gasteiger partial charge in [0, 0.05) is 12.1 Å². The lowest BCUT2D eigenvalue weighted by atomic mass is 9.91. The van der Waals surface area contributed by atoms with E-state index in [1.165, 1.54) is 64.2 Å². The van der Waals surface area contributed by atoms with Crippen LogP contribution in [0, 0.1) is 0 Å². The fraction of sp³-hybridized carbons (Fsp3) is 1.00. The summed E-state index contributed by atoms with van der Waals surface area (Å²) >= 11 is 0. The summed E-state index contributed by atoms with van der Waals surface area (Å²) in [6, 6.07) is 1.15. The summed E-state index contributed by atoms with van der Waals surface area (Å²) in [6.45, 7) is 0. The molecule has 0 aliphatic heterocycles. The highest BCUT2D eigenvalue weighted by molar-refractivity contribution is 6.22. The number of rotatable bonds is 3. The molecular formula is C12H22FNSi. The minimum absolute atomic E-state index is 0.456. The van der Waals surface area contributed by atoms with Crippen LogP contribution in [0.1, 0.15) is 64.2 Å². The van der Waals surface area contributed by atoms with Crippen molar-refractivity contribution < 1.29 is 4.11 Å². The van der Waals surface area contributed by atoms with Crippen molar-refractivity contribution in [3.63, 3.8) is 0 Å². The first-order chi connectivity index (χ1) is 7.42. The van der Waals surface area contributed by atoms with Gasteiger partial charge in [-0.3, -0.25) is 8.67 Å². The Kier molecular flexibility index (Phi) is 4.63. The van der Waals surface area contributed by atoms with Gasteiger partial charge in [0.1, 0.15) is 0 Å². The molecule has 0 heterocycles. The average molecular weight is 227 g/mol. The third kappa shape index (κ3) is 3.03. The Morgan fingerprint density at radius 2 is 1.13 bits per heavy atom. The van der Waals surface area contributed by atoms with E-state index in [2.05, 4.69) is 4.57 Å². The first-order valence-electron chi connectivity index (χ1n) is 6.56. The Balaban J connectivity index is 1.88. The summed E-state index contributed by atoms with van der Waals surface area (Å²) in [5.74, 6) is 0. The van der Waals surface area contributed by atoms with Gasteiger partial charge in [-0.2, -0.15) is 0 Å². The summed E-state index contributed by atoms with van der Waals surface area (Å²) in [4.78, 5) is 0. The third-order valence-electron chi connectivity index (χ3n) is 4.03. The van der Waals surface area contributed by atoms with E-state index in [4.69, 9.17) is 0 Å². The van der Waals surface area contributed by atoms with Crippen LogP contribution >= 0.6 is 0 Å². The highest BCUT2D eigenvalue weighted by atomic mass is 28.3. The number of halogens is 1. The van der Waals surface area contributed by atoms with Gasteiger partial charge in [0.25, 0.3) is 0 Å². The molecule has 0 unspecified atom stereocenters. The largest absolute Gasteiger partial charge is 0.400 e. The molecule has 0 amide bonds. The molecule has 3 heteroatoms. The molecule has 86 valence electrons. The number of nitrogens with zero attached hydrogens (tertiary/aromatic N) is 1. The average Bonchev–Trinajstić information content (AvgIpc) is 2.33. The molecule has 0 N–H and O–H groups in total. The SMILES string of the molecule is F[Si]N(C1CCCCC1)C1CCCCC1. The van der Waals surface area contributed by atoms with Crippen molar-refractivity contribution in [1.82, 2.24) is 4.57 Å². The molecule has 0 bridgehead atoms. The van der Waals surface area contributed by atoms with Crippen LogP contribution < -0.4 is 0 Å². The first kappa shape index (κ1) is 11.6. The number of hydrogen-bond acceptors (Lipinski definition) is 1. The molecule has 2 aliphatic carbocycles. The molecule has 0 spiro atoms. The molecule has 2 radical (unpaired) electrons. The molecule has 0 aromatic rings. The topological polar surface area (TPSA) is 3.24 Å². The van der Waals surface area contributed by atoms with E-state index in [1.807, 2.05) is 0 Å². The molecule has 0 aromatic heterocycles. The summed E-state index contributed by atoms with van der Waals surface area (Å²) in [5.41, 5.74) is 0. The Morgan fingerprint density at radius 3 is 1.47 bits per heavy atom. The maximum absolute atomic E-state index is 13.2. The van der Waals surface area contributed by atoms with E-state index in [-0.39, 0.29) is 0 Å². The molecule has 15 heavy (non-hydrogen) atoms. The van der Waals surface area contributed by atoms with Gasteiger partial charge >= 0.3 is 10.0 Å². The van der Waals surface area contributed by atoms with E-state index >= 15 is 0 Å². The van der Waals surface area contributed by atoms with Crippen LogP contribution in [0.15, 0.2) is 0 Å². The van der Waals surface area contributed by atoms with Crippen molar-refractivity contribution in [2.24, 2.45) is 0 Å². The molecular weight excluding hydrogens is 205 g/mol. The summed E-state index contributed by atoms with van der Waals surface area (Å²) in [6.07, 6.45) is 13.0. The quantitative estimate of drug-likeness (QED) is 0.527. The Hall–Kier alpha value is 0.107. The highest BCUT2D eigenvalue weighted by Crippen LogP contribution is 2.29. The van der Waals surface area contributed by atoms with E-state index < -0.39 is 10.0 Å². The molecule has 0 saturated heterocycles. The van der Waals surface area contributed by atoms with Gasteiger partial charge in [0.05, 0.1) is 0 Å². The van der Waals surface area contributed by atoms with E-state index in [0.29, 0.717) is 12.1 Å². The second kappa shape index (κ2) is 5.99. The molecule has 2 aliphatic rings. The fourth-order valence-electron chi connectivity index (χ4n) is 3.15. The van der Waals surface area contributed by atoms with Crippen LogP contribution in [-0.4, -0.2) is 26.7 Å². The minimum Gasteiger partial charge on any atom is -0.292 e. The molecule has 0 aromatic carbocycles. The molecule has 2 rings (SSSR count). The molecule has 2 fully saturated rings. The van der Waals surface area contributed by atoms with Gasteiger partial charge in [-0.15, -0.1) is 0 Å². The van der Waals surface area contributed by atoms with Crippen molar-refractivity contribution in [3.05, 3.63) is 0 Å². The van der Waals surface area contributed by atoms with E-state index in [9.17, 15) is 4.11 Å². The zero-order valence-corrected chi connectivity index (χ0v) is 10.6. The summed E-state index contributed by atoms with van der Waals surface area (Å²) in [5, 5.41) is 0. The summed E-state index contributed by atoms with van der Waals surface area (Å²) in [7, 11) is -0.456. The Labute approximate surface area is 95.5 Å². The molecule has 2 saturated carbocycles. The van der Waals surface area contributed by atoms with Crippen molar-refractivity contribution in [3.8, 4) is 0 Å². The smallest absolute Gasteiger partial charge is 0.292 e. The zero-order valence-electron chi connectivity index (χ0n) is 9.55. The second-order valence-corrected chi connectivity index (χ2v) is 5.76. The normalized spacial score (nSPS) is 26.0. The lowest BCUT2D eigenvalue weighted by molar-refractivity contribution is 0.162. The van der Waals surface area contributed by atoms with Crippen LogP contribution in [0.3, 0.4) is 0 Å². The van der Waals surface area contributed by atoms with Gasteiger partial charge in [0.2, 0.25) is 0 Å². The maximum Gasteiger partial charge on any atom is 0.400 e. The number of hydrogen-bond donors (Lipinski definition) is 0. The Morgan fingerprint density at radius 1 is 0.733 bits per heavy atom. The van der Waals surface area contributed by atoms with E-state index in [0.717, 1.165) is 0 Å². The summed E-state index contributed by atoms with van der Waals surface area (Å²) < 4.78 is 15.4. The van der Waals surface area contributed by atoms with Crippen LogP contribution in [0.25, 0.3) is 0 Å². The maximum atomic E-state index is 13.2. The molecule has 0 atom stereocenters. The predicted octanol–water partition coefficient (Wildman–Crippen LogP) is 3.46. The van der Waals surface area contributed by atoms with Crippen LogP contribution in [-0.2, 0) is 0 Å². The lowest BCUT2D eigenvalue weighted by Crippen LogP contribution is -2.46. The fourth-order valence-corrected chi connectivity index (χ4v) is 3.95. The van der Waals surface area contributed by atoms with Crippen molar-refractivity contribution in [2.45, 2.75) is 76.3 Å². The lowest BCUT2D eigenvalue weighted by Gasteiger charge is -2.39. The van der Waals surface area contributed by atoms with Crippen molar-refractivity contribution in [2.75, 3.05) is 0 Å². The Bertz CT molecular complexity index is 158. The third-order valence-corrected chi connectivity index (χ3v) is 4.96. The zero-order chi connectivity index (χ0) is 10.5. The van der Waals surface area contributed by atoms with Crippen molar-refractivity contribution >= 4 is 10.0 Å². The van der Waals surface area contributed by atoms with Gasteiger partial charge in [0.15, 0.2) is 0 Å². The van der Waals surface area contributed by atoms with Crippen molar-refractivity contribution in [1.29, 1.82) is 0 Å². The van der Waals surface area contributed by atoms with Gasteiger partial charge in [-0.05, 0) is 25.7 Å². The van der Waals surface area contributed by atoms with E-state index in [1.54, 1.807) is 0 Å². The first-order valence-corrected chi connectivity index (χ1v) is 7.39. The van der Waals surface area contributed by atoms with Gasteiger partial charge in [-0.25, -0.2) is 0 Å². The molecule has 1 nitrogen and oxygen atoms in total. The van der Waals surface area contributed by atoms with Crippen LogP contribution in [0.5, 0.6) is 0 Å². The van der Waals surface area contributed by atoms with Crippen LogP contribution in [0.2, 0.25) is 0 Å². The minimum atomic E-state index is -0.456. The van der Waals surface area contributed by atoms with Gasteiger partial charge in [-0.1, -0.05) is 38.5 Å². The monoisotopic (exact) mass is 227 g/mol. The van der Waals surface area contributed by atoms with Crippen LogP contribution in [0.4, 0.5) is 4.11 Å². The standard InChI is InChI=1S/C12H22FNSi/c13-15-14(11-7-3-1-4-8-11)12-9-5-2-6-10-12/h11-12H,1-10H2. The second-order valence-electron chi connectivity index (χ2n) is 5.08. The van der Waals surface area contributed by atoms with Gasteiger partial charge < -0.3 is 0 Å². The predicted molar refractivity (Wildman–Crippen MR) is 62.4 cm³/mol.